The fourth-order valence-electron chi connectivity index (χ4n) is 7.17. The standard InChI is InChI=1S/C50H16F16O9S2/c1-3-17-7-5-9-21(11-17)71-47-39(59)31(51)27(32(52)40(47)60)29-35(55)43(63)49(44(64)36(29)56)73-23-13-19-14-24(26(77(68,69)70)16-20(19)15-25(23)76-75-67)74-50-45(65)37(57)30(38(58)46(50)66)28-33(53)41(61)48(42(62)34(28)54)72-22-10-6-8-18(4-2)12-22/h1-2,5-16,67H,(H,68,69,70). The predicted molar refractivity (Wildman–Crippen MR) is 235 cm³/mol. The summed E-state index contributed by atoms with van der Waals surface area (Å²) in [6, 6.07) is 10.7. The summed E-state index contributed by atoms with van der Waals surface area (Å²) in [5.41, 5.74) is -9.51. The molecule has 0 aliphatic rings. The van der Waals surface area contributed by atoms with E-state index in [1.54, 1.807) is 0 Å². The van der Waals surface area contributed by atoms with Gasteiger partial charge in [0.25, 0.3) is 10.1 Å². The molecular formula is C50H16F16O9S2. The Labute approximate surface area is 423 Å². The van der Waals surface area contributed by atoms with Crippen molar-refractivity contribution >= 4 is 32.9 Å². The van der Waals surface area contributed by atoms with E-state index in [2.05, 4.69) is 16.2 Å². The molecule has 0 spiro atoms. The first-order chi connectivity index (χ1) is 36.3. The average molecular weight is 1130 g/mol. The Morgan fingerprint density at radius 3 is 1.05 bits per heavy atom. The highest BCUT2D eigenvalue weighted by molar-refractivity contribution is 7.94. The molecule has 2 N–H and O–H groups in total. The molecule has 9 nitrogen and oxygen atoms in total. The molecule has 8 aromatic carbocycles. The van der Waals surface area contributed by atoms with Crippen LogP contribution in [-0.2, 0) is 14.5 Å². The molecule has 0 unspecified atom stereocenters. The fraction of sp³-hybridized carbons (Fsp3) is 0. The van der Waals surface area contributed by atoms with Crippen molar-refractivity contribution in [2.45, 2.75) is 9.79 Å². The van der Waals surface area contributed by atoms with Crippen molar-refractivity contribution < 1.29 is 112 Å². The van der Waals surface area contributed by atoms with Crippen LogP contribution in [0, 0.1) is 118 Å². The molecule has 77 heavy (non-hydrogen) atoms. The Bertz CT molecular complexity index is 3940. The zero-order valence-corrected chi connectivity index (χ0v) is 38.3. The van der Waals surface area contributed by atoms with Gasteiger partial charge in [0.2, 0.25) is 69.5 Å². The molecule has 0 aliphatic heterocycles. The lowest BCUT2D eigenvalue weighted by Gasteiger charge is -2.18. The molecular weight excluding hydrogens is 1110 g/mol. The third kappa shape index (κ3) is 9.70. The number of fused-ring (bicyclic) bond motifs is 1. The SMILES string of the molecule is C#Cc1cccc(Oc2c(F)c(F)c(-c3c(F)c(F)c(Oc4cc5cc(Oc6c(F)c(F)c(-c7c(F)c(F)c(Oc8cccc(C#C)c8)c(F)c7F)c(F)c6F)c(S(=O)(=O)O)cc5cc4SOO)c(F)c3F)c(F)c2F)c1. The lowest BCUT2D eigenvalue weighted by atomic mass is 10.0. The zero-order chi connectivity index (χ0) is 56.3. The van der Waals surface area contributed by atoms with Crippen LogP contribution in [0.3, 0.4) is 0 Å². The van der Waals surface area contributed by atoms with Crippen LogP contribution in [0.2, 0.25) is 0 Å². The number of hydrogen-bond acceptors (Lipinski definition) is 9. The maximum absolute atomic E-state index is 15.8. The maximum atomic E-state index is 15.8. The van der Waals surface area contributed by atoms with Gasteiger partial charge in [0.15, 0.2) is 46.5 Å². The first kappa shape index (κ1) is 54.7. The molecule has 0 aromatic heterocycles. The summed E-state index contributed by atoms with van der Waals surface area (Å²) in [5, 5.41) is 7.95. The molecule has 0 aliphatic carbocycles. The molecule has 0 amide bonds. The fourth-order valence-corrected chi connectivity index (χ4v) is 8.24. The highest BCUT2D eigenvalue weighted by atomic mass is 32.2. The summed E-state index contributed by atoms with van der Waals surface area (Å²) in [5.74, 6) is -50.6. The molecule has 8 rings (SSSR count). The number of hydrogen-bond donors (Lipinski definition) is 2. The summed E-state index contributed by atoms with van der Waals surface area (Å²) in [4.78, 5) is -2.33. The van der Waals surface area contributed by atoms with Gasteiger partial charge in [0, 0.05) is 11.1 Å². The normalized spacial score (nSPS) is 11.4. The molecule has 0 radical (unpaired) electrons. The maximum Gasteiger partial charge on any atom is 0.298 e. The molecule has 27 heteroatoms. The Morgan fingerprint density at radius 2 is 0.727 bits per heavy atom. The number of ether oxygens (including phenoxy) is 4. The Kier molecular flexibility index (Phi) is 14.8. The smallest absolute Gasteiger partial charge is 0.298 e. The Balaban J connectivity index is 1.20. The molecule has 0 bridgehead atoms. The van der Waals surface area contributed by atoms with Gasteiger partial charge in [0.1, 0.15) is 27.9 Å². The van der Waals surface area contributed by atoms with Crippen LogP contribution in [0.25, 0.3) is 33.0 Å². The second-order valence-corrected chi connectivity index (χ2v) is 17.3. The second kappa shape index (κ2) is 20.8. The van der Waals surface area contributed by atoms with E-state index in [0.717, 1.165) is 24.3 Å². The minimum absolute atomic E-state index is 0.0346. The highest BCUT2D eigenvalue weighted by Crippen LogP contribution is 2.48. The summed E-state index contributed by atoms with van der Waals surface area (Å²) in [6.07, 6.45) is 10.5. The molecule has 394 valence electrons. The Hall–Kier alpha value is -8.60. The van der Waals surface area contributed by atoms with E-state index in [0.29, 0.717) is 24.3 Å². The van der Waals surface area contributed by atoms with Gasteiger partial charge in [-0.05, 0) is 71.4 Å². The number of halogens is 16. The van der Waals surface area contributed by atoms with Gasteiger partial charge in [-0.2, -0.15) is 47.9 Å². The topological polar surface area (TPSA) is 121 Å². The van der Waals surface area contributed by atoms with Crippen molar-refractivity contribution in [2.24, 2.45) is 0 Å². The predicted octanol–water partition coefficient (Wildman–Crippen LogP) is 15.3. The van der Waals surface area contributed by atoms with Crippen LogP contribution in [0.5, 0.6) is 46.0 Å². The van der Waals surface area contributed by atoms with Crippen LogP contribution in [-0.4, -0.2) is 18.2 Å². The average Bonchev–Trinajstić information content (AvgIpc) is 3.43. The monoisotopic (exact) mass is 1130 g/mol. The lowest BCUT2D eigenvalue weighted by molar-refractivity contribution is -0.116. The van der Waals surface area contributed by atoms with Crippen molar-refractivity contribution in [1.29, 1.82) is 0 Å². The molecule has 0 heterocycles. The van der Waals surface area contributed by atoms with E-state index in [-0.39, 0.29) is 23.2 Å². The van der Waals surface area contributed by atoms with Crippen molar-refractivity contribution in [3.63, 3.8) is 0 Å². The largest absolute Gasteiger partial charge is 0.451 e. The van der Waals surface area contributed by atoms with Crippen molar-refractivity contribution in [3.05, 3.63) is 177 Å². The summed E-state index contributed by atoms with van der Waals surface area (Å²) in [7, 11) is -5.73. The number of rotatable bonds is 13. The van der Waals surface area contributed by atoms with Gasteiger partial charge < -0.3 is 18.9 Å². The first-order valence-corrected chi connectivity index (χ1v) is 22.4. The molecule has 0 atom stereocenters. The van der Waals surface area contributed by atoms with Crippen LogP contribution in [0.4, 0.5) is 70.2 Å². The van der Waals surface area contributed by atoms with Gasteiger partial charge in [-0.1, -0.05) is 24.0 Å². The number of terminal acetylenes is 2. The number of benzene rings is 8. The van der Waals surface area contributed by atoms with Crippen LogP contribution in [0.1, 0.15) is 11.1 Å². The van der Waals surface area contributed by atoms with Crippen molar-refractivity contribution in [2.75, 3.05) is 0 Å². The van der Waals surface area contributed by atoms with E-state index in [4.69, 9.17) is 31.8 Å². The first-order valence-electron chi connectivity index (χ1n) is 20.2. The van der Waals surface area contributed by atoms with E-state index in [1.165, 1.54) is 24.3 Å². The molecule has 0 fully saturated rings. The van der Waals surface area contributed by atoms with Gasteiger partial charge in [-0.15, -0.1) is 12.8 Å². The van der Waals surface area contributed by atoms with Gasteiger partial charge in [-0.25, -0.2) is 40.4 Å². The summed E-state index contributed by atoms with van der Waals surface area (Å²) in [6.45, 7) is 0. The second-order valence-electron chi connectivity index (χ2n) is 15.2. The van der Waals surface area contributed by atoms with E-state index >= 15 is 70.2 Å². The van der Waals surface area contributed by atoms with Crippen LogP contribution < -0.4 is 18.9 Å². The Morgan fingerprint density at radius 1 is 0.416 bits per heavy atom. The van der Waals surface area contributed by atoms with E-state index in [1.807, 2.05) is 0 Å². The molecule has 0 saturated carbocycles. The lowest BCUT2D eigenvalue weighted by Crippen LogP contribution is -2.10. The van der Waals surface area contributed by atoms with Gasteiger partial charge in [-0.3, -0.25) is 4.55 Å². The van der Waals surface area contributed by atoms with E-state index < -0.39 is 192 Å². The quantitative estimate of drug-likeness (QED) is 0.0220. The molecule has 0 saturated heterocycles. The van der Waals surface area contributed by atoms with Crippen molar-refractivity contribution in [1.82, 2.24) is 0 Å². The third-order valence-electron chi connectivity index (χ3n) is 10.6. The van der Waals surface area contributed by atoms with E-state index in [9.17, 15) is 18.2 Å². The minimum Gasteiger partial charge on any atom is -0.451 e. The zero-order valence-electron chi connectivity index (χ0n) is 36.7. The van der Waals surface area contributed by atoms with Crippen LogP contribution in [0.15, 0.2) is 82.6 Å². The van der Waals surface area contributed by atoms with Crippen molar-refractivity contribution in [3.8, 4) is 92.9 Å². The van der Waals surface area contributed by atoms with Gasteiger partial charge >= 0.3 is 0 Å². The summed E-state index contributed by atoms with van der Waals surface area (Å²) < 4.78 is 307. The van der Waals surface area contributed by atoms with Gasteiger partial charge in [0.05, 0.1) is 39.2 Å². The minimum atomic E-state index is -5.73. The van der Waals surface area contributed by atoms with Crippen LogP contribution >= 0.6 is 12.0 Å². The third-order valence-corrected chi connectivity index (χ3v) is 12.1. The molecule has 8 aromatic rings. The summed E-state index contributed by atoms with van der Waals surface area (Å²) >= 11 is -0.246. The highest BCUT2D eigenvalue weighted by Gasteiger charge is 2.38.